The molecule has 9 aromatic carbocycles. The summed E-state index contributed by atoms with van der Waals surface area (Å²) in [4.78, 5) is 10.4. The van der Waals surface area contributed by atoms with Crippen molar-refractivity contribution in [3.63, 3.8) is 0 Å². The zero-order valence-corrected chi connectivity index (χ0v) is 37.4. The van der Waals surface area contributed by atoms with Gasteiger partial charge in [-0.15, -0.1) is 0 Å². The first-order valence-electron chi connectivity index (χ1n) is 23.5. The third kappa shape index (κ3) is 6.25. The highest BCUT2D eigenvalue weighted by molar-refractivity contribution is 6.16. The van der Waals surface area contributed by atoms with Crippen LogP contribution in [-0.2, 0) is 0 Å². The molecule has 0 bridgehead atoms. The molecule has 0 aliphatic heterocycles. The van der Waals surface area contributed by atoms with Gasteiger partial charge in [0.05, 0.1) is 44.5 Å². The van der Waals surface area contributed by atoms with Crippen molar-refractivity contribution in [3.05, 3.63) is 249 Å². The van der Waals surface area contributed by atoms with Gasteiger partial charge in [0, 0.05) is 89.6 Å². The SMILES string of the molecule is c1ccc(-n2c3ccccc3c3cc(-c4ccc(-c5cc(-c6ccc(-c7ccc8c(c7)c7ccccc7n8-c7ccccc7)nc6)c6c(c5)c5ccccc5n6-c5ccccc5)nc4)ccc32)cc1. The van der Waals surface area contributed by atoms with E-state index >= 15 is 0 Å². The molecule has 0 radical (unpaired) electrons. The monoisotopic (exact) mass is 879 g/mol. The van der Waals surface area contributed by atoms with Gasteiger partial charge in [0.15, 0.2) is 0 Å². The quantitative estimate of drug-likeness (QED) is 0.160. The molecule has 322 valence electrons. The van der Waals surface area contributed by atoms with Crippen LogP contribution in [0.5, 0.6) is 0 Å². The zero-order chi connectivity index (χ0) is 45.4. The van der Waals surface area contributed by atoms with E-state index in [4.69, 9.17) is 9.97 Å². The molecule has 5 heteroatoms. The highest BCUT2D eigenvalue weighted by atomic mass is 15.0. The van der Waals surface area contributed by atoms with Gasteiger partial charge in [0.2, 0.25) is 0 Å². The number of aromatic nitrogens is 5. The lowest BCUT2D eigenvalue weighted by atomic mass is 9.97. The number of hydrogen-bond acceptors (Lipinski definition) is 2. The maximum absolute atomic E-state index is 5.21. The van der Waals surface area contributed by atoms with Crippen molar-refractivity contribution >= 4 is 65.4 Å². The number of rotatable bonds is 7. The Bertz CT molecular complexity index is 4260. The molecule has 0 aliphatic carbocycles. The first kappa shape index (κ1) is 38.9. The topological polar surface area (TPSA) is 40.6 Å². The van der Waals surface area contributed by atoms with E-state index in [0.29, 0.717) is 0 Å². The van der Waals surface area contributed by atoms with Gasteiger partial charge in [-0.3, -0.25) is 9.97 Å². The molecule has 5 nitrogen and oxygen atoms in total. The van der Waals surface area contributed by atoms with E-state index in [-0.39, 0.29) is 0 Å². The fraction of sp³-hybridized carbons (Fsp3) is 0. The Labute approximate surface area is 398 Å². The summed E-state index contributed by atoms with van der Waals surface area (Å²) in [5, 5.41) is 7.22. The number of pyridine rings is 2. The van der Waals surface area contributed by atoms with Gasteiger partial charge in [0.1, 0.15) is 0 Å². The van der Waals surface area contributed by atoms with Crippen LogP contribution < -0.4 is 0 Å². The van der Waals surface area contributed by atoms with Gasteiger partial charge >= 0.3 is 0 Å². The highest BCUT2D eigenvalue weighted by Gasteiger charge is 2.21. The van der Waals surface area contributed by atoms with Crippen LogP contribution >= 0.6 is 0 Å². The molecular formula is C64H41N5. The third-order valence-corrected chi connectivity index (χ3v) is 13.9. The second-order valence-electron chi connectivity index (χ2n) is 17.8. The smallest absolute Gasteiger partial charge is 0.0702 e. The molecular weight excluding hydrogens is 839 g/mol. The molecule has 0 unspecified atom stereocenters. The summed E-state index contributed by atoms with van der Waals surface area (Å²) in [6, 6.07) is 84.8. The molecule has 0 aliphatic rings. The van der Waals surface area contributed by atoms with Gasteiger partial charge in [-0.25, -0.2) is 0 Å². The van der Waals surface area contributed by atoms with Crippen LogP contribution in [0.4, 0.5) is 0 Å². The molecule has 0 amide bonds. The molecule has 14 aromatic rings. The molecule has 0 spiro atoms. The predicted octanol–water partition coefficient (Wildman–Crippen LogP) is 16.4. The van der Waals surface area contributed by atoms with Crippen molar-refractivity contribution in [2.75, 3.05) is 0 Å². The fourth-order valence-electron chi connectivity index (χ4n) is 10.8. The average Bonchev–Trinajstić information content (AvgIpc) is 4.07. The number of benzene rings is 9. The Morgan fingerprint density at radius 2 is 0.638 bits per heavy atom. The van der Waals surface area contributed by atoms with Crippen molar-refractivity contribution in [2.24, 2.45) is 0 Å². The normalized spacial score (nSPS) is 11.8. The summed E-state index contributed by atoms with van der Waals surface area (Å²) in [6.45, 7) is 0. The van der Waals surface area contributed by atoms with Gasteiger partial charge in [-0.1, -0.05) is 133 Å². The van der Waals surface area contributed by atoms with Crippen molar-refractivity contribution in [1.82, 2.24) is 23.7 Å². The minimum atomic E-state index is 0.910. The number of nitrogens with zero attached hydrogens (tertiary/aromatic N) is 5. The minimum Gasteiger partial charge on any atom is -0.309 e. The Balaban J connectivity index is 0.891. The van der Waals surface area contributed by atoms with Gasteiger partial charge in [-0.2, -0.15) is 0 Å². The summed E-state index contributed by atoms with van der Waals surface area (Å²) >= 11 is 0. The lowest BCUT2D eigenvalue weighted by Crippen LogP contribution is -1.96. The Kier molecular flexibility index (Phi) is 8.83. The van der Waals surface area contributed by atoms with E-state index in [1.54, 1.807) is 0 Å². The molecule has 69 heavy (non-hydrogen) atoms. The van der Waals surface area contributed by atoms with E-state index in [1.165, 1.54) is 49.0 Å². The summed E-state index contributed by atoms with van der Waals surface area (Å²) in [5.41, 5.74) is 18.7. The maximum Gasteiger partial charge on any atom is 0.0702 e. The van der Waals surface area contributed by atoms with Crippen molar-refractivity contribution < 1.29 is 0 Å². The largest absolute Gasteiger partial charge is 0.309 e. The molecule has 14 rings (SSSR count). The number of para-hydroxylation sites is 6. The zero-order valence-electron chi connectivity index (χ0n) is 37.4. The number of fused-ring (bicyclic) bond motifs is 9. The molecule has 0 fully saturated rings. The Hall–Kier alpha value is -9.32. The van der Waals surface area contributed by atoms with Crippen LogP contribution in [0.15, 0.2) is 249 Å². The fourth-order valence-corrected chi connectivity index (χ4v) is 10.8. The van der Waals surface area contributed by atoms with Crippen molar-refractivity contribution in [1.29, 1.82) is 0 Å². The van der Waals surface area contributed by atoms with Crippen LogP contribution in [0.3, 0.4) is 0 Å². The number of hydrogen-bond donors (Lipinski definition) is 0. The van der Waals surface area contributed by atoms with E-state index in [2.05, 4.69) is 250 Å². The van der Waals surface area contributed by atoms with E-state index in [9.17, 15) is 0 Å². The molecule has 0 atom stereocenters. The van der Waals surface area contributed by atoms with Gasteiger partial charge in [0.25, 0.3) is 0 Å². The molecule has 5 aromatic heterocycles. The van der Waals surface area contributed by atoms with E-state index in [1.807, 2.05) is 12.4 Å². The first-order chi connectivity index (χ1) is 34.2. The van der Waals surface area contributed by atoms with Crippen LogP contribution in [0.25, 0.3) is 127 Å². The third-order valence-electron chi connectivity index (χ3n) is 13.9. The predicted molar refractivity (Wildman–Crippen MR) is 287 cm³/mol. The highest BCUT2D eigenvalue weighted by Crippen LogP contribution is 2.42. The summed E-state index contributed by atoms with van der Waals surface area (Å²) in [5.74, 6) is 0. The van der Waals surface area contributed by atoms with Crippen LogP contribution in [-0.4, -0.2) is 23.7 Å². The first-order valence-corrected chi connectivity index (χ1v) is 23.5. The minimum absolute atomic E-state index is 0.910. The molecule has 5 heterocycles. The molecule has 0 saturated heterocycles. The van der Waals surface area contributed by atoms with Crippen LogP contribution in [0.1, 0.15) is 0 Å². The summed E-state index contributed by atoms with van der Waals surface area (Å²) in [7, 11) is 0. The standard InChI is InChI=1S/C64H41N5/c1-4-16-47(17-5-1)67-59-25-13-10-22-50(59)54-36-42(30-34-62(54)67)44-28-32-58(65-40-44)46-38-53(64-56(39-46)52-24-12-15-27-61(52)69(64)49-20-8-3-9-21-49)45-29-33-57(66-41-45)43-31-35-63-55(37-43)51-23-11-14-26-60(51)68(63)48-18-6-2-7-19-48/h1-41H. The molecule has 0 N–H and O–H groups in total. The Morgan fingerprint density at radius 1 is 0.246 bits per heavy atom. The summed E-state index contributed by atoms with van der Waals surface area (Å²) < 4.78 is 7.10. The van der Waals surface area contributed by atoms with Crippen molar-refractivity contribution in [3.8, 4) is 61.8 Å². The van der Waals surface area contributed by atoms with E-state index in [0.717, 1.165) is 78.3 Å². The summed E-state index contributed by atoms with van der Waals surface area (Å²) in [6.07, 6.45) is 4.06. The molecule has 0 saturated carbocycles. The second-order valence-corrected chi connectivity index (χ2v) is 17.8. The van der Waals surface area contributed by atoms with Crippen molar-refractivity contribution in [2.45, 2.75) is 0 Å². The van der Waals surface area contributed by atoms with Crippen LogP contribution in [0, 0.1) is 0 Å². The van der Waals surface area contributed by atoms with Gasteiger partial charge < -0.3 is 13.7 Å². The average molecular weight is 880 g/mol. The lowest BCUT2D eigenvalue weighted by Gasteiger charge is -2.14. The van der Waals surface area contributed by atoms with Gasteiger partial charge in [-0.05, 0) is 109 Å². The van der Waals surface area contributed by atoms with E-state index < -0.39 is 0 Å². The van der Waals surface area contributed by atoms with Crippen LogP contribution in [0.2, 0.25) is 0 Å². The lowest BCUT2D eigenvalue weighted by molar-refractivity contribution is 1.18. The maximum atomic E-state index is 5.21. The Morgan fingerprint density at radius 3 is 1.17 bits per heavy atom. The second kappa shape index (κ2) is 15.7.